The molecule has 2 rings (SSSR count). The van der Waals surface area contributed by atoms with Gasteiger partial charge in [0.05, 0.1) is 5.56 Å². The molecule has 68 valence electrons. The Morgan fingerprint density at radius 1 is 1.38 bits per heavy atom. The fourth-order valence-corrected chi connectivity index (χ4v) is 1.18. The number of aryl methyl sites for hydroxylation is 1. The monoisotopic (exact) mass is 178 g/mol. The minimum Gasteiger partial charge on any atom is -0.469 e. The van der Waals surface area contributed by atoms with Crippen LogP contribution in [0.1, 0.15) is 11.3 Å². The third-order valence-electron chi connectivity index (χ3n) is 1.95. The molecule has 0 unspecified atom stereocenters. The largest absolute Gasteiger partial charge is 0.469 e. The summed E-state index contributed by atoms with van der Waals surface area (Å²) in [6.07, 6.45) is 1.63. The summed E-state index contributed by atoms with van der Waals surface area (Å²) in [7, 11) is 0. The number of furan rings is 1. The van der Waals surface area contributed by atoms with Gasteiger partial charge in [-0.2, -0.15) is 0 Å². The van der Waals surface area contributed by atoms with E-state index in [2.05, 4.69) is 5.16 Å². The van der Waals surface area contributed by atoms with Crippen LogP contribution < -0.4 is 5.73 Å². The number of rotatable bonds is 1. The average molecular weight is 178 g/mol. The van der Waals surface area contributed by atoms with Gasteiger partial charge in [-0.15, -0.1) is 0 Å². The van der Waals surface area contributed by atoms with E-state index >= 15 is 0 Å². The molecule has 0 aromatic carbocycles. The summed E-state index contributed by atoms with van der Waals surface area (Å²) >= 11 is 0. The predicted octanol–water partition coefficient (Wildman–Crippen LogP) is 2.13. The van der Waals surface area contributed by atoms with E-state index in [0.717, 1.165) is 16.9 Å². The highest BCUT2D eigenvalue weighted by atomic mass is 16.5. The topological polar surface area (TPSA) is 65.2 Å². The Morgan fingerprint density at radius 3 is 2.62 bits per heavy atom. The van der Waals surface area contributed by atoms with E-state index in [9.17, 15) is 0 Å². The summed E-state index contributed by atoms with van der Waals surface area (Å²) in [5.41, 5.74) is 7.27. The maximum absolute atomic E-state index is 5.55. The fraction of sp³-hybridized carbons (Fsp3) is 0.222. The van der Waals surface area contributed by atoms with Gasteiger partial charge in [0.1, 0.15) is 12.0 Å². The zero-order valence-corrected chi connectivity index (χ0v) is 7.50. The lowest BCUT2D eigenvalue weighted by molar-refractivity contribution is 0.434. The van der Waals surface area contributed by atoms with Gasteiger partial charge >= 0.3 is 0 Å². The summed E-state index contributed by atoms with van der Waals surface area (Å²) in [5, 5.41) is 3.66. The molecule has 2 aromatic rings. The van der Waals surface area contributed by atoms with Gasteiger partial charge in [0, 0.05) is 5.56 Å². The van der Waals surface area contributed by atoms with Gasteiger partial charge in [0.25, 0.3) is 0 Å². The van der Waals surface area contributed by atoms with E-state index in [4.69, 9.17) is 14.7 Å². The molecule has 0 bridgehead atoms. The number of nitrogens with two attached hydrogens (primary N) is 1. The molecule has 4 nitrogen and oxygen atoms in total. The SMILES string of the molecule is Cc1cc(-c2onc(N)c2C)co1. The number of aromatic nitrogens is 1. The van der Waals surface area contributed by atoms with Gasteiger partial charge < -0.3 is 14.7 Å². The summed E-state index contributed by atoms with van der Waals surface area (Å²) in [5.74, 6) is 1.94. The third kappa shape index (κ3) is 1.20. The molecule has 0 saturated carbocycles. The molecule has 0 fully saturated rings. The van der Waals surface area contributed by atoms with E-state index in [1.165, 1.54) is 0 Å². The van der Waals surface area contributed by atoms with E-state index in [0.29, 0.717) is 11.6 Å². The molecule has 2 heterocycles. The first-order valence-electron chi connectivity index (χ1n) is 3.95. The second kappa shape index (κ2) is 2.65. The minimum absolute atomic E-state index is 0.425. The van der Waals surface area contributed by atoms with Crippen molar-refractivity contribution in [3.8, 4) is 11.3 Å². The van der Waals surface area contributed by atoms with Crippen LogP contribution >= 0.6 is 0 Å². The first-order valence-corrected chi connectivity index (χ1v) is 3.95. The van der Waals surface area contributed by atoms with Gasteiger partial charge in [-0.25, -0.2) is 0 Å². The Hall–Kier alpha value is -1.71. The average Bonchev–Trinajstić information content (AvgIpc) is 2.62. The molecule has 0 spiro atoms. The highest BCUT2D eigenvalue weighted by Crippen LogP contribution is 2.27. The second-order valence-corrected chi connectivity index (χ2v) is 2.97. The molecule has 0 aliphatic rings. The molecule has 0 aliphatic heterocycles. The van der Waals surface area contributed by atoms with Crippen LogP contribution in [0.25, 0.3) is 11.3 Å². The first kappa shape index (κ1) is 7.91. The molecule has 0 radical (unpaired) electrons. The smallest absolute Gasteiger partial charge is 0.175 e. The van der Waals surface area contributed by atoms with Crippen LogP contribution in [-0.4, -0.2) is 5.16 Å². The van der Waals surface area contributed by atoms with E-state index in [1.807, 2.05) is 19.9 Å². The predicted molar refractivity (Wildman–Crippen MR) is 48.1 cm³/mol. The Bertz CT molecular complexity index is 429. The summed E-state index contributed by atoms with van der Waals surface area (Å²) in [6.45, 7) is 3.74. The van der Waals surface area contributed by atoms with Crippen molar-refractivity contribution in [2.75, 3.05) is 5.73 Å². The number of nitrogen functional groups attached to an aromatic ring is 1. The lowest BCUT2D eigenvalue weighted by atomic mass is 10.2. The molecule has 0 saturated heterocycles. The van der Waals surface area contributed by atoms with Crippen LogP contribution in [0.2, 0.25) is 0 Å². The van der Waals surface area contributed by atoms with E-state index < -0.39 is 0 Å². The Morgan fingerprint density at radius 2 is 2.15 bits per heavy atom. The van der Waals surface area contributed by atoms with Crippen molar-refractivity contribution in [1.29, 1.82) is 0 Å². The molecule has 0 amide bonds. The first-order chi connectivity index (χ1) is 6.18. The standard InChI is InChI=1S/C9H10N2O2/c1-5-3-7(4-12-5)8-6(2)9(10)11-13-8/h3-4H,1-2H3,(H2,10,11). The van der Waals surface area contributed by atoms with Gasteiger partial charge in [0.2, 0.25) is 0 Å². The highest BCUT2D eigenvalue weighted by Gasteiger charge is 2.12. The van der Waals surface area contributed by atoms with Gasteiger partial charge in [-0.3, -0.25) is 0 Å². The quantitative estimate of drug-likeness (QED) is 0.726. The van der Waals surface area contributed by atoms with Crippen LogP contribution in [-0.2, 0) is 0 Å². The minimum atomic E-state index is 0.425. The zero-order chi connectivity index (χ0) is 9.42. The summed E-state index contributed by atoms with van der Waals surface area (Å²) in [4.78, 5) is 0. The molecule has 0 atom stereocenters. The van der Waals surface area contributed by atoms with Crippen molar-refractivity contribution in [3.05, 3.63) is 23.7 Å². The van der Waals surface area contributed by atoms with Crippen molar-refractivity contribution < 1.29 is 8.94 Å². The zero-order valence-electron chi connectivity index (χ0n) is 7.50. The van der Waals surface area contributed by atoms with Gasteiger partial charge in [-0.1, -0.05) is 5.16 Å². The van der Waals surface area contributed by atoms with Crippen molar-refractivity contribution in [2.45, 2.75) is 13.8 Å². The number of nitrogens with zero attached hydrogens (tertiary/aromatic N) is 1. The van der Waals surface area contributed by atoms with Crippen LogP contribution in [0.15, 0.2) is 21.3 Å². The van der Waals surface area contributed by atoms with E-state index in [1.54, 1.807) is 6.26 Å². The molecule has 4 heteroatoms. The van der Waals surface area contributed by atoms with Crippen LogP contribution in [0.3, 0.4) is 0 Å². The number of hydrogen-bond donors (Lipinski definition) is 1. The lowest BCUT2D eigenvalue weighted by Crippen LogP contribution is -1.85. The van der Waals surface area contributed by atoms with Crippen LogP contribution in [0, 0.1) is 13.8 Å². The molecular formula is C9H10N2O2. The van der Waals surface area contributed by atoms with Crippen LogP contribution in [0.4, 0.5) is 5.82 Å². The maximum atomic E-state index is 5.55. The Balaban J connectivity index is 2.52. The van der Waals surface area contributed by atoms with Crippen LogP contribution in [0.5, 0.6) is 0 Å². The fourth-order valence-electron chi connectivity index (χ4n) is 1.18. The number of anilines is 1. The van der Waals surface area contributed by atoms with E-state index in [-0.39, 0.29) is 0 Å². The maximum Gasteiger partial charge on any atom is 0.175 e. The van der Waals surface area contributed by atoms with Gasteiger partial charge in [0.15, 0.2) is 11.6 Å². The van der Waals surface area contributed by atoms with Crippen molar-refractivity contribution in [2.24, 2.45) is 0 Å². The molecule has 0 aliphatic carbocycles. The normalized spacial score (nSPS) is 10.6. The molecule has 13 heavy (non-hydrogen) atoms. The third-order valence-corrected chi connectivity index (χ3v) is 1.95. The lowest BCUT2D eigenvalue weighted by Gasteiger charge is -1.88. The summed E-state index contributed by atoms with van der Waals surface area (Å²) in [6, 6.07) is 1.88. The van der Waals surface area contributed by atoms with Crippen molar-refractivity contribution >= 4 is 5.82 Å². The summed E-state index contributed by atoms with van der Waals surface area (Å²) < 4.78 is 10.2. The second-order valence-electron chi connectivity index (χ2n) is 2.97. The Labute approximate surface area is 75.3 Å². The Kier molecular flexibility index (Phi) is 1.62. The number of hydrogen-bond acceptors (Lipinski definition) is 4. The van der Waals surface area contributed by atoms with Gasteiger partial charge in [-0.05, 0) is 19.9 Å². The molecule has 2 aromatic heterocycles. The molecular weight excluding hydrogens is 168 g/mol. The molecule has 2 N–H and O–H groups in total. The van der Waals surface area contributed by atoms with Crippen molar-refractivity contribution in [3.63, 3.8) is 0 Å². The highest BCUT2D eigenvalue weighted by molar-refractivity contribution is 5.64. The van der Waals surface area contributed by atoms with Crippen molar-refractivity contribution in [1.82, 2.24) is 5.16 Å².